The first-order chi connectivity index (χ1) is 9.59. The zero-order valence-electron chi connectivity index (χ0n) is 12.6. The Balaban J connectivity index is 2.08. The van der Waals surface area contributed by atoms with E-state index in [4.69, 9.17) is 0 Å². The van der Waals surface area contributed by atoms with E-state index in [9.17, 15) is 9.18 Å². The molecule has 0 unspecified atom stereocenters. The standard InChI is InChI=1S/C17H26FNO/c1-14(2)9-5-3-4-8-12-19-17(20)13-15-10-6-7-11-16(15)18/h6-7,10-11,14H,3-5,8-9,12-13H2,1-2H3,(H,19,20). The molecule has 0 atom stereocenters. The van der Waals surface area contributed by atoms with Crippen LogP contribution >= 0.6 is 0 Å². The van der Waals surface area contributed by atoms with Crippen LogP contribution < -0.4 is 5.32 Å². The molecule has 1 amide bonds. The van der Waals surface area contributed by atoms with Gasteiger partial charge in [0.2, 0.25) is 5.91 Å². The molecule has 0 aromatic heterocycles. The van der Waals surface area contributed by atoms with Crippen LogP contribution in [0.5, 0.6) is 0 Å². The van der Waals surface area contributed by atoms with Crippen LogP contribution in [0.15, 0.2) is 24.3 Å². The number of benzene rings is 1. The smallest absolute Gasteiger partial charge is 0.224 e. The average molecular weight is 279 g/mol. The number of hydrogen-bond acceptors (Lipinski definition) is 1. The van der Waals surface area contributed by atoms with E-state index in [1.54, 1.807) is 18.2 Å². The summed E-state index contributed by atoms with van der Waals surface area (Å²) in [5, 5.41) is 2.85. The molecule has 0 heterocycles. The lowest BCUT2D eigenvalue weighted by molar-refractivity contribution is -0.120. The zero-order valence-corrected chi connectivity index (χ0v) is 12.6. The van der Waals surface area contributed by atoms with Crippen molar-refractivity contribution in [3.63, 3.8) is 0 Å². The molecule has 0 aliphatic carbocycles. The van der Waals surface area contributed by atoms with Crippen molar-refractivity contribution in [1.29, 1.82) is 0 Å². The van der Waals surface area contributed by atoms with Crippen molar-refractivity contribution in [2.75, 3.05) is 6.54 Å². The number of hydrogen-bond donors (Lipinski definition) is 1. The van der Waals surface area contributed by atoms with Crippen molar-refractivity contribution in [2.45, 2.75) is 52.4 Å². The Hall–Kier alpha value is -1.38. The quantitative estimate of drug-likeness (QED) is 0.678. The van der Waals surface area contributed by atoms with Crippen molar-refractivity contribution in [3.8, 4) is 0 Å². The molecule has 1 rings (SSSR count). The molecule has 0 saturated heterocycles. The predicted molar refractivity (Wildman–Crippen MR) is 81.0 cm³/mol. The highest BCUT2D eigenvalue weighted by Gasteiger charge is 2.06. The van der Waals surface area contributed by atoms with Crippen LogP contribution in [0.25, 0.3) is 0 Å². The van der Waals surface area contributed by atoms with Crippen LogP contribution in [0.1, 0.15) is 51.5 Å². The molecule has 1 N–H and O–H groups in total. The average Bonchev–Trinajstić information content (AvgIpc) is 2.40. The van der Waals surface area contributed by atoms with E-state index in [1.165, 1.54) is 25.3 Å². The van der Waals surface area contributed by atoms with E-state index in [2.05, 4.69) is 19.2 Å². The maximum Gasteiger partial charge on any atom is 0.224 e. The molecule has 0 bridgehead atoms. The molecule has 1 aromatic carbocycles. The largest absolute Gasteiger partial charge is 0.356 e. The van der Waals surface area contributed by atoms with E-state index in [0.717, 1.165) is 18.8 Å². The summed E-state index contributed by atoms with van der Waals surface area (Å²) in [6.45, 7) is 5.17. The minimum atomic E-state index is -0.309. The van der Waals surface area contributed by atoms with Crippen LogP contribution in [0.3, 0.4) is 0 Å². The summed E-state index contributed by atoms with van der Waals surface area (Å²) >= 11 is 0. The number of rotatable bonds is 9. The van der Waals surface area contributed by atoms with Gasteiger partial charge in [-0.1, -0.05) is 57.7 Å². The van der Waals surface area contributed by atoms with E-state index in [0.29, 0.717) is 12.1 Å². The summed E-state index contributed by atoms with van der Waals surface area (Å²) in [6, 6.07) is 6.42. The van der Waals surface area contributed by atoms with Crippen molar-refractivity contribution in [3.05, 3.63) is 35.6 Å². The van der Waals surface area contributed by atoms with Gasteiger partial charge in [-0.25, -0.2) is 4.39 Å². The maximum absolute atomic E-state index is 13.4. The third-order valence-corrected chi connectivity index (χ3v) is 3.34. The second-order valence-corrected chi connectivity index (χ2v) is 5.71. The fourth-order valence-corrected chi connectivity index (χ4v) is 2.14. The number of carbonyl (C=O) groups is 1. The van der Waals surface area contributed by atoms with Gasteiger partial charge < -0.3 is 5.32 Å². The number of unbranched alkanes of at least 4 members (excludes halogenated alkanes) is 3. The zero-order chi connectivity index (χ0) is 14.8. The minimum Gasteiger partial charge on any atom is -0.356 e. The van der Waals surface area contributed by atoms with Crippen LogP contribution in [0.4, 0.5) is 4.39 Å². The van der Waals surface area contributed by atoms with Gasteiger partial charge in [-0.2, -0.15) is 0 Å². The first kappa shape index (κ1) is 16.7. The molecule has 0 saturated carbocycles. The molecule has 3 heteroatoms. The second-order valence-electron chi connectivity index (χ2n) is 5.71. The Morgan fingerprint density at radius 3 is 2.55 bits per heavy atom. The molecular formula is C17H26FNO. The van der Waals surface area contributed by atoms with Gasteiger partial charge in [-0.05, 0) is 24.0 Å². The molecule has 1 aromatic rings. The predicted octanol–water partition coefficient (Wildman–Crippen LogP) is 4.09. The van der Waals surface area contributed by atoms with Gasteiger partial charge in [0.1, 0.15) is 5.82 Å². The minimum absolute atomic E-state index is 0.0997. The van der Waals surface area contributed by atoms with Gasteiger partial charge >= 0.3 is 0 Å². The van der Waals surface area contributed by atoms with Gasteiger partial charge in [0.25, 0.3) is 0 Å². The fourth-order valence-electron chi connectivity index (χ4n) is 2.14. The van der Waals surface area contributed by atoms with E-state index in [-0.39, 0.29) is 18.1 Å². The molecule has 20 heavy (non-hydrogen) atoms. The lowest BCUT2D eigenvalue weighted by Crippen LogP contribution is -2.26. The topological polar surface area (TPSA) is 29.1 Å². The van der Waals surface area contributed by atoms with Crippen molar-refractivity contribution < 1.29 is 9.18 Å². The molecule has 2 nitrogen and oxygen atoms in total. The Kier molecular flexibility index (Phi) is 7.93. The first-order valence-electron chi connectivity index (χ1n) is 7.59. The third-order valence-electron chi connectivity index (χ3n) is 3.34. The lowest BCUT2D eigenvalue weighted by atomic mass is 10.0. The highest BCUT2D eigenvalue weighted by Crippen LogP contribution is 2.09. The molecule has 0 spiro atoms. The summed E-state index contributed by atoms with van der Waals surface area (Å²) in [5.74, 6) is 0.365. The number of carbonyl (C=O) groups excluding carboxylic acids is 1. The Labute approximate surface area is 121 Å². The van der Waals surface area contributed by atoms with E-state index >= 15 is 0 Å². The van der Waals surface area contributed by atoms with Gasteiger partial charge in [-0.15, -0.1) is 0 Å². The first-order valence-corrected chi connectivity index (χ1v) is 7.59. The van der Waals surface area contributed by atoms with Gasteiger partial charge in [-0.3, -0.25) is 4.79 Å². The normalized spacial score (nSPS) is 10.8. The molecular weight excluding hydrogens is 253 g/mol. The van der Waals surface area contributed by atoms with Crippen molar-refractivity contribution >= 4 is 5.91 Å². The van der Waals surface area contributed by atoms with Gasteiger partial charge in [0.05, 0.1) is 6.42 Å². The van der Waals surface area contributed by atoms with Crippen LogP contribution in [-0.4, -0.2) is 12.5 Å². The third kappa shape index (κ3) is 7.27. The van der Waals surface area contributed by atoms with E-state index in [1.807, 2.05) is 0 Å². The van der Waals surface area contributed by atoms with Crippen LogP contribution in [0, 0.1) is 11.7 Å². The van der Waals surface area contributed by atoms with E-state index < -0.39 is 0 Å². The van der Waals surface area contributed by atoms with Gasteiger partial charge in [0.15, 0.2) is 0 Å². The number of amides is 1. The Bertz CT molecular complexity index is 404. The molecule has 112 valence electrons. The molecule has 0 fully saturated rings. The highest BCUT2D eigenvalue weighted by atomic mass is 19.1. The molecule has 0 aliphatic heterocycles. The monoisotopic (exact) mass is 279 g/mol. The maximum atomic E-state index is 13.4. The second kappa shape index (κ2) is 9.51. The fraction of sp³-hybridized carbons (Fsp3) is 0.588. The summed E-state index contributed by atoms with van der Waals surface area (Å²) < 4.78 is 13.4. The van der Waals surface area contributed by atoms with Gasteiger partial charge in [0, 0.05) is 6.54 Å². The Morgan fingerprint density at radius 1 is 1.15 bits per heavy atom. The highest BCUT2D eigenvalue weighted by molar-refractivity contribution is 5.78. The lowest BCUT2D eigenvalue weighted by Gasteiger charge is -2.07. The van der Waals surface area contributed by atoms with Crippen molar-refractivity contribution in [2.24, 2.45) is 5.92 Å². The number of nitrogens with one attached hydrogen (secondary N) is 1. The molecule has 0 aliphatic rings. The Morgan fingerprint density at radius 2 is 1.85 bits per heavy atom. The number of halogens is 1. The summed E-state index contributed by atoms with van der Waals surface area (Å²) in [6.07, 6.45) is 6.04. The summed E-state index contributed by atoms with van der Waals surface area (Å²) in [4.78, 5) is 11.7. The van der Waals surface area contributed by atoms with Crippen molar-refractivity contribution in [1.82, 2.24) is 5.32 Å². The summed E-state index contributed by atoms with van der Waals surface area (Å²) in [5.41, 5.74) is 0.460. The van der Waals surface area contributed by atoms with Crippen LogP contribution in [0.2, 0.25) is 0 Å². The van der Waals surface area contributed by atoms with Crippen LogP contribution in [-0.2, 0) is 11.2 Å². The SMILES string of the molecule is CC(C)CCCCCCNC(=O)Cc1ccccc1F. The summed E-state index contributed by atoms with van der Waals surface area (Å²) in [7, 11) is 0. The molecule has 0 radical (unpaired) electrons.